The second kappa shape index (κ2) is 10.1. The molecule has 0 atom stereocenters. The highest BCUT2D eigenvalue weighted by Crippen LogP contribution is 2.09. The Labute approximate surface area is 132 Å². The molecule has 0 bridgehead atoms. The third kappa shape index (κ3) is 6.79. The van der Waals surface area contributed by atoms with Gasteiger partial charge in [0.1, 0.15) is 0 Å². The summed E-state index contributed by atoms with van der Waals surface area (Å²) in [6.45, 7) is 7.67. The molecule has 19 heavy (non-hydrogen) atoms. The summed E-state index contributed by atoms with van der Waals surface area (Å²) in [7, 11) is 0. The maximum Gasteiger partial charge on any atom is 0.188 e. The minimum Gasteiger partial charge on any atom is -0.370 e. The van der Waals surface area contributed by atoms with Crippen molar-refractivity contribution in [3.05, 3.63) is 17.0 Å². The average Bonchev–Trinajstić information content (AvgIpc) is 2.66. The molecule has 6 heteroatoms. The number of nitrogens with zero attached hydrogens (tertiary/aromatic N) is 2. The van der Waals surface area contributed by atoms with Crippen LogP contribution in [0.3, 0.4) is 0 Å². The molecule has 5 nitrogen and oxygen atoms in total. The summed E-state index contributed by atoms with van der Waals surface area (Å²) in [4.78, 5) is 4.33. The van der Waals surface area contributed by atoms with E-state index in [1.165, 1.54) is 19.3 Å². The number of hydrogen-bond acceptors (Lipinski definition) is 2. The van der Waals surface area contributed by atoms with Crippen LogP contribution in [0.25, 0.3) is 0 Å². The predicted molar refractivity (Wildman–Crippen MR) is 90.9 cm³/mol. The number of H-pyrrole nitrogens is 1. The molecule has 0 aliphatic carbocycles. The predicted octanol–water partition coefficient (Wildman–Crippen LogP) is 2.63. The first-order valence-corrected chi connectivity index (χ1v) is 6.69. The van der Waals surface area contributed by atoms with Crippen LogP contribution in [0, 0.1) is 13.8 Å². The van der Waals surface area contributed by atoms with Crippen LogP contribution < -0.4 is 11.1 Å². The topological polar surface area (TPSA) is 79.1 Å². The number of guanidine groups is 1. The highest BCUT2D eigenvalue weighted by Gasteiger charge is 2.04. The van der Waals surface area contributed by atoms with E-state index in [1.807, 2.05) is 13.8 Å². The Kier molecular flexibility index (Phi) is 9.63. The van der Waals surface area contributed by atoms with E-state index in [9.17, 15) is 0 Å². The lowest BCUT2D eigenvalue weighted by Crippen LogP contribution is -2.32. The summed E-state index contributed by atoms with van der Waals surface area (Å²) in [6.07, 6.45) is 4.93. The van der Waals surface area contributed by atoms with Gasteiger partial charge in [-0.15, -0.1) is 24.0 Å². The molecule has 1 aromatic rings. The molecule has 0 amide bonds. The monoisotopic (exact) mass is 379 g/mol. The van der Waals surface area contributed by atoms with Gasteiger partial charge in [0.05, 0.1) is 12.2 Å². The van der Waals surface area contributed by atoms with Crippen molar-refractivity contribution < 1.29 is 0 Å². The molecule has 0 spiro atoms. The standard InChI is InChI=1S/C13H25N5.HI/c1-4-5-6-7-8-15-13(14)16-9-12-10(2)17-18-11(12)3;/h4-9H2,1-3H3,(H,17,18)(H3,14,15,16);1H. The van der Waals surface area contributed by atoms with Gasteiger partial charge in [0.2, 0.25) is 0 Å². The van der Waals surface area contributed by atoms with Gasteiger partial charge in [0.15, 0.2) is 5.96 Å². The molecular weight excluding hydrogens is 353 g/mol. The second-order valence-corrected chi connectivity index (χ2v) is 4.60. The van der Waals surface area contributed by atoms with E-state index >= 15 is 0 Å². The zero-order chi connectivity index (χ0) is 13.4. The average molecular weight is 379 g/mol. The van der Waals surface area contributed by atoms with Gasteiger partial charge < -0.3 is 11.1 Å². The minimum atomic E-state index is 0. The Morgan fingerprint density at radius 3 is 2.63 bits per heavy atom. The quantitative estimate of drug-likeness (QED) is 0.295. The number of hydrogen-bond donors (Lipinski definition) is 3. The Bertz CT molecular complexity index is 367. The van der Waals surface area contributed by atoms with E-state index < -0.39 is 0 Å². The molecule has 0 aliphatic heterocycles. The van der Waals surface area contributed by atoms with Gasteiger partial charge in [-0.25, -0.2) is 4.99 Å². The first kappa shape index (κ1) is 18.2. The molecule has 0 saturated heterocycles. The molecule has 0 aliphatic rings. The molecule has 4 N–H and O–H groups in total. The molecule has 0 saturated carbocycles. The van der Waals surface area contributed by atoms with Crippen molar-refractivity contribution in [2.45, 2.75) is 53.0 Å². The number of aromatic nitrogens is 2. The van der Waals surface area contributed by atoms with Crippen molar-refractivity contribution in [3.63, 3.8) is 0 Å². The van der Waals surface area contributed by atoms with E-state index in [0.717, 1.165) is 29.9 Å². The summed E-state index contributed by atoms with van der Waals surface area (Å²) >= 11 is 0. The number of aliphatic imine (C=N–C) groups is 1. The maximum absolute atomic E-state index is 5.81. The van der Waals surface area contributed by atoms with E-state index in [0.29, 0.717) is 12.5 Å². The molecule has 0 radical (unpaired) electrons. The van der Waals surface area contributed by atoms with Gasteiger partial charge in [-0.2, -0.15) is 5.10 Å². The smallest absolute Gasteiger partial charge is 0.188 e. The Morgan fingerprint density at radius 2 is 2.05 bits per heavy atom. The lowest BCUT2D eigenvalue weighted by molar-refractivity contribution is 0.652. The molecule has 0 aromatic carbocycles. The SMILES string of the molecule is CCCCCCNC(N)=NCc1c(C)n[nH]c1C.I. The number of halogens is 1. The van der Waals surface area contributed by atoms with Crippen molar-refractivity contribution in [1.82, 2.24) is 15.5 Å². The Morgan fingerprint density at radius 1 is 1.32 bits per heavy atom. The molecule has 1 aromatic heterocycles. The van der Waals surface area contributed by atoms with E-state index in [2.05, 4.69) is 27.4 Å². The molecule has 1 heterocycles. The van der Waals surface area contributed by atoms with Crippen LogP contribution in [-0.4, -0.2) is 22.7 Å². The number of nitrogens with two attached hydrogens (primary N) is 1. The van der Waals surface area contributed by atoms with Gasteiger partial charge in [-0.1, -0.05) is 26.2 Å². The van der Waals surface area contributed by atoms with Crippen LogP contribution in [0.15, 0.2) is 4.99 Å². The fourth-order valence-corrected chi connectivity index (χ4v) is 1.80. The second-order valence-electron chi connectivity index (χ2n) is 4.60. The van der Waals surface area contributed by atoms with E-state index in [4.69, 9.17) is 5.73 Å². The van der Waals surface area contributed by atoms with Crippen LogP contribution in [0.5, 0.6) is 0 Å². The van der Waals surface area contributed by atoms with Gasteiger partial charge in [0, 0.05) is 17.8 Å². The lowest BCUT2D eigenvalue weighted by Gasteiger charge is -2.05. The zero-order valence-corrected chi connectivity index (χ0v) is 14.5. The zero-order valence-electron chi connectivity index (χ0n) is 12.1. The number of aromatic amines is 1. The fourth-order valence-electron chi connectivity index (χ4n) is 1.80. The fraction of sp³-hybridized carbons (Fsp3) is 0.692. The Hall–Kier alpha value is -0.790. The normalized spacial score (nSPS) is 11.2. The first-order valence-electron chi connectivity index (χ1n) is 6.69. The number of aryl methyl sites for hydroxylation is 2. The van der Waals surface area contributed by atoms with Crippen LogP contribution in [0.1, 0.15) is 49.6 Å². The summed E-state index contributed by atoms with van der Waals surface area (Å²) < 4.78 is 0. The highest BCUT2D eigenvalue weighted by molar-refractivity contribution is 14.0. The van der Waals surface area contributed by atoms with Gasteiger partial charge in [-0.05, 0) is 20.3 Å². The van der Waals surface area contributed by atoms with Crippen LogP contribution >= 0.6 is 24.0 Å². The maximum atomic E-state index is 5.81. The van der Waals surface area contributed by atoms with Crippen LogP contribution in [0.4, 0.5) is 0 Å². The lowest BCUT2D eigenvalue weighted by atomic mass is 10.2. The molecule has 1 rings (SSSR count). The molecule has 110 valence electrons. The number of unbranched alkanes of at least 4 members (excludes halogenated alkanes) is 3. The van der Waals surface area contributed by atoms with Gasteiger partial charge >= 0.3 is 0 Å². The highest BCUT2D eigenvalue weighted by atomic mass is 127. The molecule has 0 fully saturated rings. The third-order valence-corrected chi connectivity index (χ3v) is 3.02. The van der Waals surface area contributed by atoms with Crippen molar-refractivity contribution in [3.8, 4) is 0 Å². The third-order valence-electron chi connectivity index (χ3n) is 3.02. The number of rotatable bonds is 7. The number of nitrogens with one attached hydrogen (secondary N) is 2. The molecular formula is C13H26IN5. The molecule has 0 unspecified atom stereocenters. The summed E-state index contributed by atoms with van der Waals surface area (Å²) in [5.74, 6) is 0.520. The van der Waals surface area contributed by atoms with Crippen molar-refractivity contribution >= 4 is 29.9 Å². The van der Waals surface area contributed by atoms with Crippen molar-refractivity contribution in [2.24, 2.45) is 10.7 Å². The van der Waals surface area contributed by atoms with Crippen molar-refractivity contribution in [2.75, 3.05) is 6.54 Å². The largest absolute Gasteiger partial charge is 0.370 e. The summed E-state index contributed by atoms with van der Waals surface area (Å²) in [5.41, 5.74) is 9.00. The van der Waals surface area contributed by atoms with Crippen LogP contribution in [-0.2, 0) is 6.54 Å². The summed E-state index contributed by atoms with van der Waals surface area (Å²) in [6, 6.07) is 0. The minimum absolute atomic E-state index is 0. The van der Waals surface area contributed by atoms with Crippen molar-refractivity contribution in [1.29, 1.82) is 0 Å². The first-order chi connectivity index (χ1) is 8.65. The van der Waals surface area contributed by atoms with Crippen LogP contribution in [0.2, 0.25) is 0 Å². The van der Waals surface area contributed by atoms with E-state index in [1.54, 1.807) is 0 Å². The summed E-state index contributed by atoms with van der Waals surface area (Å²) in [5, 5.41) is 10.2. The Balaban J connectivity index is 0.00000324. The van der Waals surface area contributed by atoms with E-state index in [-0.39, 0.29) is 24.0 Å². The van der Waals surface area contributed by atoms with Gasteiger partial charge in [-0.3, -0.25) is 5.10 Å². The van der Waals surface area contributed by atoms with Gasteiger partial charge in [0.25, 0.3) is 0 Å².